The maximum absolute atomic E-state index is 13.2. The van der Waals surface area contributed by atoms with E-state index in [2.05, 4.69) is 15.9 Å². The first-order valence-corrected chi connectivity index (χ1v) is 4.74. The molecule has 5 heteroatoms. The normalized spacial score (nSPS) is 14.9. The van der Waals surface area contributed by atoms with Crippen LogP contribution in [0.2, 0.25) is 0 Å². The molecule has 1 aromatic rings. The van der Waals surface area contributed by atoms with Gasteiger partial charge in [0.05, 0.1) is 12.2 Å². The summed E-state index contributed by atoms with van der Waals surface area (Å²) in [6, 6.07) is 0.931. The highest BCUT2D eigenvalue weighted by atomic mass is 79.9. The highest BCUT2D eigenvalue weighted by molar-refractivity contribution is 9.10. The first-order valence-electron chi connectivity index (χ1n) is 3.94. The van der Waals surface area contributed by atoms with Gasteiger partial charge in [-0.05, 0) is 22.0 Å². The van der Waals surface area contributed by atoms with Gasteiger partial charge in [0.15, 0.2) is 17.3 Å². The molecule has 1 heterocycles. The van der Waals surface area contributed by atoms with Crippen LogP contribution in [0.3, 0.4) is 0 Å². The summed E-state index contributed by atoms with van der Waals surface area (Å²) in [5.41, 5.74) is 0.0927. The van der Waals surface area contributed by atoms with Crippen molar-refractivity contribution in [3.8, 4) is 5.75 Å². The van der Waals surface area contributed by atoms with Gasteiger partial charge in [0.25, 0.3) is 0 Å². The zero-order valence-corrected chi connectivity index (χ0v) is 8.53. The minimum Gasteiger partial charge on any atom is -0.489 e. The van der Waals surface area contributed by atoms with Crippen molar-refractivity contribution < 1.29 is 18.3 Å². The molecule has 0 N–H and O–H groups in total. The maximum Gasteiger partial charge on any atom is 0.201 e. The third kappa shape index (κ3) is 1.32. The van der Waals surface area contributed by atoms with Crippen LogP contribution in [0.5, 0.6) is 5.75 Å². The van der Waals surface area contributed by atoms with Crippen LogP contribution in [0.15, 0.2) is 10.5 Å². The van der Waals surface area contributed by atoms with Gasteiger partial charge in [0.1, 0.15) is 0 Å². The fourth-order valence-corrected chi connectivity index (χ4v) is 1.94. The van der Waals surface area contributed by atoms with Gasteiger partial charge in [-0.25, -0.2) is 4.39 Å². The second-order valence-corrected chi connectivity index (χ2v) is 3.73. The van der Waals surface area contributed by atoms with Crippen molar-refractivity contribution in [3.05, 3.63) is 27.7 Å². The molecule has 0 aliphatic carbocycles. The van der Waals surface area contributed by atoms with Gasteiger partial charge in [0.2, 0.25) is 5.82 Å². The predicted octanol–water partition coefficient (Wildman–Crippen LogP) is 2.69. The molecule has 0 unspecified atom stereocenters. The highest BCUT2D eigenvalue weighted by Crippen LogP contribution is 2.35. The second kappa shape index (κ2) is 3.31. The Bertz CT molecular complexity index is 418. The van der Waals surface area contributed by atoms with E-state index in [4.69, 9.17) is 4.74 Å². The molecule has 0 saturated heterocycles. The third-order valence-corrected chi connectivity index (χ3v) is 2.61. The molecule has 0 spiro atoms. The number of halogens is 3. The number of hydrogen-bond acceptors (Lipinski definition) is 2. The van der Waals surface area contributed by atoms with E-state index in [1.807, 2.05) is 0 Å². The van der Waals surface area contributed by atoms with E-state index in [0.29, 0.717) is 0 Å². The minimum absolute atomic E-state index is 0.0927. The van der Waals surface area contributed by atoms with E-state index in [0.717, 1.165) is 6.07 Å². The lowest BCUT2D eigenvalue weighted by atomic mass is 10.0. The minimum atomic E-state index is -1.10. The van der Waals surface area contributed by atoms with E-state index in [1.165, 1.54) is 0 Å². The molecule has 0 amide bonds. The zero-order chi connectivity index (χ0) is 10.3. The number of ketones is 1. The van der Waals surface area contributed by atoms with E-state index in [1.54, 1.807) is 0 Å². The van der Waals surface area contributed by atoms with E-state index in [9.17, 15) is 13.6 Å². The van der Waals surface area contributed by atoms with Gasteiger partial charge in [-0.2, -0.15) is 4.39 Å². The van der Waals surface area contributed by atoms with Gasteiger partial charge in [-0.15, -0.1) is 0 Å². The fraction of sp³-hybridized carbons (Fsp3) is 0.222. The monoisotopic (exact) mass is 262 g/mol. The van der Waals surface area contributed by atoms with Crippen LogP contribution >= 0.6 is 15.9 Å². The molecule has 1 aliphatic heterocycles. The Morgan fingerprint density at radius 2 is 2.14 bits per heavy atom. The van der Waals surface area contributed by atoms with Crippen molar-refractivity contribution in [1.82, 2.24) is 0 Å². The SMILES string of the molecule is O=C1CCOc2c(F)c(F)cc(Br)c21. The van der Waals surface area contributed by atoms with Crippen molar-refractivity contribution >= 4 is 21.7 Å². The topological polar surface area (TPSA) is 26.3 Å². The number of fused-ring (bicyclic) bond motifs is 1. The predicted molar refractivity (Wildman–Crippen MR) is 48.5 cm³/mol. The lowest BCUT2D eigenvalue weighted by Gasteiger charge is -2.18. The summed E-state index contributed by atoms with van der Waals surface area (Å²) >= 11 is 3.00. The Kier molecular flexibility index (Phi) is 2.26. The third-order valence-electron chi connectivity index (χ3n) is 1.98. The van der Waals surface area contributed by atoms with Crippen molar-refractivity contribution in [2.24, 2.45) is 0 Å². The first-order chi connectivity index (χ1) is 6.61. The number of carbonyl (C=O) groups excluding carboxylic acids is 1. The molecule has 14 heavy (non-hydrogen) atoms. The van der Waals surface area contributed by atoms with Crippen molar-refractivity contribution in [2.75, 3.05) is 6.61 Å². The van der Waals surface area contributed by atoms with E-state index >= 15 is 0 Å². The summed E-state index contributed by atoms with van der Waals surface area (Å²) in [6.45, 7) is 0.0959. The van der Waals surface area contributed by atoms with Crippen LogP contribution in [0, 0.1) is 11.6 Å². The molecule has 0 radical (unpaired) electrons. The summed E-state index contributed by atoms with van der Waals surface area (Å²) in [5, 5.41) is 0. The number of ether oxygens (including phenoxy) is 1. The van der Waals surface area contributed by atoms with Crippen LogP contribution < -0.4 is 4.74 Å². The lowest BCUT2D eigenvalue weighted by molar-refractivity contribution is 0.0927. The Morgan fingerprint density at radius 3 is 2.86 bits per heavy atom. The van der Waals surface area contributed by atoms with Gasteiger partial charge in [-0.3, -0.25) is 4.79 Å². The quantitative estimate of drug-likeness (QED) is 0.672. The molecular weight excluding hydrogens is 258 g/mol. The Balaban J connectivity index is 2.72. The Morgan fingerprint density at radius 1 is 1.43 bits per heavy atom. The van der Waals surface area contributed by atoms with Gasteiger partial charge >= 0.3 is 0 Å². The van der Waals surface area contributed by atoms with Gasteiger partial charge in [-0.1, -0.05) is 0 Å². The van der Waals surface area contributed by atoms with Crippen molar-refractivity contribution in [3.63, 3.8) is 0 Å². The molecule has 2 rings (SSSR count). The molecule has 2 nitrogen and oxygen atoms in total. The molecule has 0 aromatic heterocycles. The summed E-state index contributed by atoms with van der Waals surface area (Å²) in [4.78, 5) is 11.4. The van der Waals surface area contributed by atoms with Gasteiger partial charge in [0, 0.05) is 10.9 Å². The van der Waals surface area contributed by atoms with E-state index < -0.39 is 11.6 Å². The average Bonchev–Trinajstić information content (AvgIpc) is 2.14. The fourth-order valence-electron chi connectivity index (χ4n) is 1.34. The molecule has 0 saturated carbocycles. The molecule has 0 atom stereocenters. The zero-order valence-electron chi connectivity index (χ0n) is 6.94. The maximum atomic E-state index is 13.2. The van der Waals surface area contributed by atoms with Crippen LogP contribution in [0.1, 0.15) is 16.8 Å². The van der Waals surface area contributed by atoms with Crippen LogP contribution in [0.4, 0.5) is 8.78 Å². The smallest absolute Gasteiger partial charge is 0.201 e. The summed E-state index contributed by atoms with van der Waals surface area (Å²) in [7, 11) is 0. The molecule has 0 bridgehead atoms. The number of Topliss-reactive ketones (excluding diaryl/α,β-unsaturated/α-hetero) is 1. The number of benzene rings is 1. The Hall–Kier alpha value is -0.970. The molecular formula is C9H5BrF2O2. The van der Waals surface area contributed by atoms with Crippen LogP contribution in [0.25, 0.3) is 0 Å². The standard InChI is InChI=1S/C9H5BrF2O2/c10-4-3-5(11)8(12)9-7(4)6(13)1-2-14-9/h3H,1-2H2. The summed E-state index contributed by atoms with van der Waals surface area (Å²) in [5.74, 6) is -2.65. The number of hydrogen-bond donors (Lipinski definition) is 0. The second-order valence-electron chi connectivity index (χ2n) is 2.88. The average molecular weight is 263 g/mol. The van der Waals surface area contributed by atoms with E-state index in [-0.39, 0.29) is 34.6 Å². The first kappa shape index (κ1) is 9.58. The lowest BCUT2D eigenvalue weighted by Crippen LogP contribution is -2.17. The summed E-state index contributed by atoms with van der Waals surface area (Å²) in [6.07, 6.45) is 0.191. The molecule has 1 aliphatic rings. The number of carbonyl (C=O) groups is 1. The van der Waals surface area contributed by atoms with Crippen molar-refractivity contribution in [1.29, 1.82) is 0 Å². The van der Waals surface area contributed by atoms with Gasteiger partial charge < -0.3 is 4.74 Å². The molecule has 1 aromatic carbocycles. The van der Waals surface area contributed by atoms with Crippen molar-refractivity contribution in [2.45, 2.75) is 6.42 Å². The van der Waals surface area contributed by atoms with Crippen LogP contribution in [-0.2, 0) is 0 Å². The molecule has 74 valence electrons. The Labute approximate surface area is 87.0 Å². The van der Waals surface area contributed by atoms with Crippen LogP contribution in [-0.4, -0.2) is 12.4 Å². The largest absolute Gasteiger partial charge is 0.489 e. The number of rotatable bonds is 0. The molecule has 0 fully saturated rings. The summed E-state index contributed by atoms with van der Waals surface area (Å²) < 4.78 is 31.2. The highest BCUT2D eigenvalue weighted by Gasteiger charge is 2.27.